The number of carbonyl (C=O) groups excluding carboxylic acids is 2. The van der Waals surface area contributed by atoms with Gasteiger partial charge in [-0.3, -0.25) is 19.3 Å². The Hall–Kier alpha value is -2.97. The molecule has 4 rings (SSSR count). The van der Waals surface area contributed by atoms with Gasteiger partial charge in [-0.1, -0.05) is 111 Å². The number of thioether (sulfide) groups is 1. The van der Waals surface area contributed by atoms with Crippen LogP contribution in [0.5, 0.6) is 0 Å². The van der Waals surface area contributed by atoms with Crippen molar-refractivity contribution in [2.75, 3.05) is 11.4 Å². The predicted octanol–water partition coefficient (Wildman–Crippen LogP) is 6.71. The van der Waals surface area contributed by atoms with Crippen molar-refractivity contribution in [2.24, 2.45) is 0 Å². The van der Waals surface area contributed by atoms with Gasteiger partial charge < -0.3 is 10.0 Å². The molecule has 0 bridgehead atoms. The van der Waals surface area contributed by atoms with E-state index >= 15 is 0 Å². The van der Waals surface area contributed by atoms with Crippen molar-refractivity contribution in [3.8, 4) is 0 Å². The van der Waals surface area contributed by atoms with E-state index in [-0.39, 0.29) is 18.2 Å². The van der Waals surface area contributed by atoms with Crippen LogP contribution in [0.3, 0.4) is 0 Å². The van der Waals surface area contributed by atoms with E-state index in [9.17, 15) is 14.4 Å². The highest BCUT2D eigenvalue weighted by Gasteiger charge is 2.41. The first kappa shape index (κ1) is 28.0. The number of amides is 2. The molecule has 6 nitrogen and oxygen atoms in total. The third-order valence-electron chi connectivity index (χ3n) is 6.98. The molecule has 0 spiro atoms. The lowest BCUT2D eigenvalue weighted by molar-refractivity contribution is -0.137. The molecule has 200 valence electrons. The maximum Gasteiger partial charge on any atom is 0.303 e. The standard InChI is InChI=1S/C30H34N2O4S2/c1-21-15-17-22(18-16-21)20-32-24-13-10-9-12-23(24)26(28(32)35)27-29(36)31(30(37)38-27)19-11-7-5-3-2-4-6-8-14-25(33)34/h9-10,12-13,15-18H,2-8,11,14,19-20H2,1H3,(H,33,34). The number of hydrogen-bond donors (Lipinski definition) is 1. The van der Waals surface area contributed by atoms with Gasteiger partial charge >= 0.3 is 5.97 Å². The minimum absolute atomic E-state index is 0.157. The van der Waals surface area contributed by atoms with Crippen molar-refractivity contribution in [1.82, 2.24) is 4.90 Å². The molecule has 1 saturated heterocycles. The molecule has 0 atom stereocenters. The van der Waals surface area contributed by atoms with Crippen molar-refractivity contribution in [1.29, 1.82) is 0 Å². The Kier molecular flexibility index (Phi) is 9.74. The molecule has 38 heavy (non-hydrogen) atoms. The van der Waals surface area contributed by atoms with Crippen molar-refractivity contribution < 1.29 is 19.5 Å². The van der Waals surface area contributed by atoms with Crippen LogP contribution in [-0.2, 0) is 20.9 Å². The Bertz CT molecular complexity index is 1240. The lowest BCUT2D eigenvalue weighted by Gasteiger charge is -2.17. The van der Waals surface area contributed by atoms with Crippen LogP contribution >= 0.6 is 24.0 Å². The second kappa shape index (κ2) is 13.2. The second-order valence-corrected chi connectivity index (χ2v) is 11.5. The highest BCUT2D eigenvalue weighted by atomic mass is 32.2. The molecule has 1 N–H and O–H groups in total. The van der Waals surface area contributed by atoms with Gasteiger partial charge in [0, 0.05) is 18.5 Å². The maximum atomic E-state index is 13.7. The van der Waals surface area contributed by atoms with E-state index < -0.39 is 5.97 Å². The van der Waals surface area contributed by atoms with Crippen molar-refractivity contribution in [2.45, 2.75) is 71.3 Å². The van der Waals surface area contributed by atoms with Crippen LogP contribution in [0.1, 0.15) is 74.5 Å². The molecule has 8 heteroatoms. The lowest BCUT2D eigenvalue weighted by atomic mass is 10.1. The molecule has 2 heterocycles. The van der Waals surface area contributed by atoms with Crippen molar-refractivity contribution in [3.63, 3.8) is 0 Å². The van der Waals surface area contributed by atoms with Crippen LogP contribution in [-0.4, -0.2) is 38.7 Å². The fraction of sp³-hybridized carbons (Fsp3) is 0.400. The topological polar surface area (TPSA) is 77.9 Å². The van der Waals surface area contributed by atoms with E-state index in [0.29, 0.717) is 27.9 Å². The third kappa shape index (κ3) is 6.72. The molecule has 0 aliphatic carbocycles. The zero-order valence-electron chi connectivity index (χ0n) is 21.8. The van der Waals surface area contributed by atoms with Crippen LogP contribution < -0.4 is 4.90 Å². The molecule has 0 radical (unpaired) electrons. The van der Waals surface area contributed by atoms with Gasteiger partial charge in [-0.2, -0.15) is 0 Å². The number of rotatable bonds is 13. The summed E-state index contributed by atoms with van der Waals surface area (Å²) >= 11 is 6.80. The van der Waals surface area contributed by atoms with E-state index in [1.807, 2.05) is 55.5 Å². The first-order valence-corrected chi connectivity index (χ1v) is 14.6. The smallest absolute Gasteiger partial charge is 0.303 e. The Morgan fingerprint density at radius 3 is 2.16 bits per heavy atom. The number of carboxylic acid groups (broad SMARTS) is 1. The molecular weight excluding hydrogens is 516 g/mol. The van der Waals surface area contributed by atoms with Gasteiger partial charge in [0.2, 0.25) is 0 Å². The number of aliphatic carboxylic acids is 1. The fourth-order valence-corrected chi connectivity index (χ4v) is 6.26. The normalized spacial score (nSPS) is 17.0. The first-order valence-electron chi connectivity index (χ1n) is 13.3. The Morgan fingerprint density at radius 1 is 0.842 bits per heavy atom. The number of carboxylic acids is 1. The zero-order chi connectivity index (χ0) is 27.1. The number of aryl methyl sites for hydroxylation is 1. The van der Waals surface area contributed by atoms with Gasteiger partial charge in [0.15, 0.2) is 0 Å². The van der Waals surface area contributed by atoms with Crippen LogP contribution in [0.4, 0.5) is 5.69 Å². The number of unbranched alkanes of at least 4 members (excludes halogenated alkanes) is 7. The van der Waals surface area contributed by atoms with E-state index in [2.05, 4.69) is 0 Å². The summed E-state index contributed by atoms with van der Waals surface area (Å²) in [6, 6.07) is 15.8. The van der Waals surface area contributed by atoms with E-state index in [1.54, 1.807) is 9.80 Å². The van der Waals surface area contributed by atoms with Crippen molar-refractivity contribution in [3.05, 3.63) is 70.1 Å². The zero-order valence-corrected chi connectivity index (χ0v) is 23.4. The number of hydrogen-bond acceptors (Lipinski definition) is 5. The molecule has 0 saturated carbocycles. The fourth-order valence-electron chi connectivity index (χ4n) is 4.88. The predicted molar refractivity (Wildman–Crippen MR) is 157 cm³/mol. The van der Waals surface area contributed by atoms with Crippen molar-refractivity contribution >= 4 is 57.3 Å². The number of nitrogens with zero attached hydrogens (tertiary/aromatic N) is 2. The number of thiocarbonyl (C=S) groups is 1. The molecule has 1 fully saturated rings. The number of anilines is 1. The summed E-state index contributed by atoms with van der Waals surface area (Å²) in [5.41, 5.74) is 4.26. The van der Waals surface area contributed by atoms with Gasteiger partial charge in [-0.05, 0) is 31.4 Å². The Labute approximate surface area is 234 Å². The summed E-state index contributed by atoms with van der Waals surface area (Å²) in [6.45, 7) is 3.04. The summed E-state index contributed by atoms with van der Waals surface area (Å²) in [5.74, 6) is -1.05. The molecule has 2 aromatic carbocycles. The van der Waals surface area contributed by atoms with Gasteiger partial charge in [0.1, 0.15) is 4.32 Å². The van der Waals surface area contributed by atoms with Gasteiger partial charge in [0.25, 0.3) is 11.8 Å². The highest BCUT2D eigenvalue weighted by molar-refractivity contribution is 8.26. The highest BCUT2D eigenvalue weighted by Crippen LogP contribution is 2.45. The SMILES string of the molecule is Cc1ccc(CN2C(=O)C(=C3SC(=S)N(CCCCCCCCCCC(=O)O)C3=O)c3ccccc32)cc1. The lowest BCUT2D eigenvalue weighted by Crippen LogP contribution is -2.30. The number of fused-ring (bicyclic) bond motifs is 1. The van der Waals surface area contributed by atoms with E-state index in [0.717, 1.165) is 68.2 Å². The van der Waals surface area contributed by atoms with Gasteiger partial charge in [-0.15, -0.1) is 0 Å². The van der Waals surface area contributed by atoms with E-state index in [4.69, 9.17) is 17.3 Å². The Balaban J connectivity index is 1.35. The molecule has 2 aliphatic heterocycles. The average Bonchev–Trinajstić information content (AvgIpc) is 3.33. The average molecular weight is 551 g/mol. The Morgan fingerprint density at radius 2 is 1.47 bits per heavy atom. The van der Waals surface area contributed by atoms with Crippen LogP contribution in [0.15, 0.2) is 53.4 Å². The molecule has 2 amide bonds. The monoisotopic (exact) mass is 550 g/mol. The van der Waals surface area contributed by atoms with Gasteiger partial charge in [0.05, 0.1) is 22.7 Å². The summed E-state index contributed by atoms with van der Waals surface area (Å²) < 4.78 is 0.512. The summed E-state index contributed by atoms with van der Waals surface area (Å²) in [7, 11) is 0. The molecule has 0 unspecified atom stereocenters. The van der Waals surface area contributed by atoms with E-state index in [1.165, 1.54) is 17.3 Å². The van der Waals surface area contributed by atoms with Crippen LogP contribution in [0.2, 0.25) is 0 Å². The van der Waals surface area contributed by atoms with Crippen LogP contribution in [0.25, 0.3) is 5.57 Å². The van der Waals surface area contributed by atoms with Gasteiger partial charge in [-0.25, -0.2) is 0 Å². The maximum absolute atomic E-state index is 13.7. The number of carbonyl (C=O) groups is 3. The molecule has 0 aromatic heterocycles. The third-order valence-corrected chi connectivity index (χ3v) is 8.43. The minimum atomic E-state index is -0.725. The molecule has 2 aromatic rings. The molecule has 2 aliphatic rings. The first-order chi connectivity index (χ1) is 18.4. The summed E-state index contributed by atoms with van der Waals surface area (Å²) in [6.07, 6.45) is 8.17. The number of para-hydroxylation sites is 1. The minimum Gasteiger partial charge on any atom is -0.481 e. The summed E-state index contributed by atoms with van der Waals surface area (Å²) in [5, 5.41) is 8.69. The second-order valence-electron chi connectivity index (χ2n) is 9.90. The molecular formula is C30H34N2O4S2. The quantitative estimate of drug-likeness (QED) is 0.170. The van der Waals surface area contributed by atoms with Crippen LogP contribution in [0, 0.1) is 6.92 Å². The largest absolute Gasteiger partial charge is 0.481 e. The number of benzene rings is 2. The summed E-state index contributed by atoms with van der Waals surface area (Å²) in [4.78, 5) is 41.5.